The van der Waals surface area contributed by atoms with E-state index in [9.17, 15) is 0 Å². The molecule has 0 saturated heterocycles. The maximum atomic E-state index is 3.97. The number of thiazole rings is 1. The molecule has 0 saturated carbocycles. The third-order valence-electron chi connectivity index (χ3n) is 1.29. The molecule has 1 N–H and O–H groups in total. The third kappa shape index (κ3) is 1.77. The van der Waals surface area contributed by atoms with Crippen molar-refractivity contribution in [2.24, 2.45) is 0 Å². The SMILES string of the molecule is c1ncc(CNc2csnn2)s1. The number of anilines is 1. The summed E-state index contributed by atoms with van der Waals surface area (Å²) in [6, 6.07) is 0. The monoisotopic (exact) mass is 198 g/mol. The Morgan fingerprint density at radius 1 is 1.50 bits per heavy atom. The molecule has 2 aromatic heterocycles. The van der Waals surface area contributed by atoms with Crippen LogP contribution in [0.5, 0.6) is 0 Å². The predicted molar refractivity (Wildman–Crippen MR) is 49.3 cm³/mol. The Morgan fingerprint density at radius 3 is 3.17 bits per heavy atom. The normalized spacial score (nSPS) is 10.0. The van der Waals surface area contributed by atoms with Crippen LogP contribution >= 0.6 is 22.9 Å². The van der Waals surface area contributed by atoms with Gasteiger partial charge >= 0.3 is 0 Å². The van der Waals surface area contributed by atoms with Gasteiger partial charge in [-0.25, -0.2) is 0 Å². The lowest BCUT2D eigenvalue weighted by atomic mass is 10.5. The van der Waals surface area contributed by atoms with E-state index in [-0.39, 0.29) is 0 Å². The molecule has 2 aromatic rings. The molecule has 0 aliphatic rings. The summed E-state index contributed by atoms with van der Waals surface area (Å²) in [5.41, 5.74) is 1.82. The van der Waals surface area contributed by atoms with Crippen molar-refractivity contribution in [1.29, 1.82) is 0 Å². The van der Waals surface area contributed by atoms with Gasteiger partial charge in [0, 0.05) is 11.1 Å². The van der Waals surface area contributed by atoms with Crippen molar-refractivity contribution in [2.75, 3.05) is 5.32 Å². The number of nitrogens with zero attached hydrogens (tertiary/aromatic N) is 3. The minimum atomic E-state index is 0.774. The zero-order valence-electron chi connectivity index (χ0n) is 6.10. The molecule has 62 valence electrons. The van der Waals surface area contributed by atoms with Gasteiger partial charge in [0.1, 0.15) is 0 Å². The number of nitrogens with one attached hydrogen (secondary N) is 1. The van der Waals surface area contributed by atoms with E-state index in [0.29, 0.717) is 0 Å². The van der Waals surface area contributed by atoms with Gasteiger partial charge in [-0.1, -0.05) is 4.49 Å². The summed E-state index contributed by atoms with van der Waals surface area (Å²) in [5.74, 6) is 0.827. The number of hydrogen-bond donors (Lipinski definition) is 1. The average Bonchev–Trinajstić information content (AvgIpc) is 2.74. The number of hydrogen-bond acceptors (Lipinski definition) is 6. The van der Waals surface area contributed by atoms with E-state index in [4.69, 9.17) is 0 Å². The zero-order chi connectivity index (χ0) is 8.23. The molecule has 4 nitrogen and oxygen atoms in total. The molecule has 0 aliphatic heterocycles. The van der Waals surface area contributed by atoms with E-state index in [2.05, 4.69) is 19.9 Å². The Balaban J connectivity index is 1.91. The standard InChI is InChI=1S/C6H6N4S2/c1-5(11-4-7-1)2-8-6-3-12-10-9-6/h1,3-4,8H,2H2. The molecule has 6 heteroatoms. The van der Waals surface area contributed by atoms with Crippen molar-refractivity contribution in [3.63, 3.8) is 0 Å². The zero-order valence-corrected chi connectivity index (χ0v) is 7.73. The van der Waals surface area contributed by atoms with Crippen LogP contribution in [0, 0.1) is 0 Å². The first kappa shape index (κ1) is 7.63. The first-order valence-electron chi connectivity index (χ1n) is 3.33. The summed E-state index contributed by atoms with van der Waals surface area (Å²) in [6.07, 6.45) is 1.84. The van der Waals surface area contributed by atoms with E-state index >= 15 is 0 Å². The average molecular weight is 198 g/mol. The summed E-state index contributed by atoms with van der Waals surface area (Å²) >= 11 is 2.97. The Bertz CT molecular complexity index is 281. The fraction of sp³-hybridized carbons (Fsp3) is 0.167. The Labute approximate surface area is 77.5 Å². The highest BCUT2D eigenvalue weighted by Crippen LogP contribution is 2.09. The molecule has 0 fully saturated rings. The molecule has 0 bridgehead atoms. The van der Waals surface area contributed by atoms with Crippen molar-refractivity contribution < 1.29 is 0 Å². The third-order valence-corrected chi connectivity index (χ3v) is 2.57. The lowest BCUT2D eigenvalue weighted by Crippen LogP contribution is -1.97. The maximum absolute atomic E-state index is 3.97. The maximum Gasteiger partial charge on any atom is 0.161 e. The summed E-state index contributed by atoms with van der Waals surface area (Å²) in [7, 11) is 0. The van der Waals surface area contributed by atoms with Crippen LogP contribution in [0.3, 0.4) is 0 Å². The summed E-state index contributed by atoms with van der Waals surface area (Å²) in [6.45, 7) is 0.774. The first-order valence-corrected chi connectivity index (χ1v) is 5.05. The lowest BCUT2D eigenvalue weighted by Gasteiger charge is -1.96. The molecule has 0 spiro atoms. The molecule has 0 unspecified atom stereocenters. The molecule has 2 rings (SSSR count). The minimum Gasteiger partial charge on any atom is -0.363 e. The van der Waals surface area contributed by atoms with Gasteiger partial charge in [-0.2, -0.15) is 0 Å². The minimum absolute atomic E-state index is 0.774. The van der Waals surface area contributed by atoms with Gasteiger partial charge in [0.15, 0.2) is 5.82 Å². The quantitative estimate of drug-likeness (QED) is 0.814. The topological polar surface area (TPSA) is 50.7 Å². The Morgan fingerprint density at radius 2 is 2.50 bits per heavy atom. The molecule has 0 amide bonds. The van der Waals surface area contributed by atoms with Crippen LogP contribution in [0.4, 0.5) is 5.82 Å². The van der Waals surface area contributed by atoms with Gasteiger partial charge in [-0.05, 0) is 11.5 Å². The Kier molecular flexibility index (Phi) is 2.28. The molecule has 2 heterocycles. The van der Waals surface area contributed by atoms with Gasteiger partial charge in [0.2, 0.25) is 0 Å². The summed E-state index contributed by atoms with van der Waals surface area (Å²) in [4.78, 5) is 5.16. The molecule has 0 aromatic carbocycles. The molecule has 12 heavy (non-hydrogen) atoms. The van der Waals surface area contributed by atoms with Gasteiger partial charge < -0.3 is 5.32 Å². The molecule has 0 radical (unpaired) electrons. The molecule has 0 aliphatic carbocycles. The molecule has 0 atom stereocenters. The fourth-order valence-electron chi connectivity index (χ4n) is 0.749. The first-order chi connectivity index (χ1) is 5.95. The van der Waals surface area contributed by atoms with E-state index in [1.807, 2.05) is 17.1 Å². The lowest BCUT2D eigenvalue weighted by molar-refractivity contribution is 1.09. The molecular formula is C6H6N4S2. The van der Waals surface area contributed by atoms with Crippen molar-refractivity contribution in [3.8, 4) is 0 Å². The van der Waals surface area contributed by atoms with Crippen LogP contribution in [0.25, 0.3) is 0 Å². The largest absolute Gasteiger partial charge is 0.363 e. The van der Waals surface area contributed by atoms with Crippen LogP contribution < -0.4 is 5.32 Å². The van der Waals surface area contributed by atoms with Gasteiger partial charge in [-0.3, -0.25) is 4.98 Å². The smallest absolute Gasteiger partial charge is 0.161 e. The van der Waals surface area contributed by atoms with Crippen LogP contribution in [0.2, 0.25) is 0 Å². The Hall–Kier alpha value is -1.01. The van der Waals surface area contributed by atoms with Gasteiger partial charge in [0.05, 0.1) is 17.4 Å². The molecular weight excluding hydrogens is 192 g/mol. The fourth-order valence-corrected chi connectivity index (χ4v) is 1.70. The van der Waals surface area contributed by atoms with Crippen LogP contribution in [0.1, 0.15) is 4.88 Å². The summed E-state index contributed by atoms with van der Waals surface area (Å²) < 4.78 is 3.74. The van der Waals surface area contributed by atoms with E-state index in [0.717, 1.165) is 12.4 Å². The van der Waals surface area contributed by atoms with Crippen molar-refractivity contribution >= 4 is 28.7 Å². The highest BCUT2D eigenvalue weighted by molar-refractivity contribution is 7.09. The van der Waals surface area contributed by atoms with Gasteiger partial charge in [-0.15, -0.1) is 16.4 Å². The second kappa shape index (κ2) is 3.59. The van der Waals surface area contributed by atoms with Crippen molar-refractivity contribution in [1.82, 2.24) is 14.6 Å². The van der Waals surface area contributed by atoms with E-state index < -0.39 is 0 Å². The van der Waals surface area contributed by atoms with Crippen LogP contribution in [-0.4, -0.2) is 14.6 Å². The summed E-state index contributed by atoms with van der Waals surface area (Å²) in [5, 5.41) is 8.87. The van der Waals surface area contributed by atoms with Gasteiger partial charge in [0.25, 0.3) is 0 Å². The highest BCUT2D eigenvalue weighted by atomic mass is 32.1. The highest BCUT2D eigenvalue weighted by Gasteiger charge is 1.96. The van der Waals surface area contributed by atoms with E-state index in [1.54, 1.807) is 11.3 Å². The second-order valence-corrected chi connectivity index (χ2v) is 3.69. The predicted octanol–water partition coefficient (Wildman–Crippen LogP) is 1.61. The van der Waals surface area contributed by atoms with Crippen LogP contribution in [0.15, 0.2) is 17.1 Å². The second-order valence-electron chi connectivity index (χ2n) is 2.11. The van der Waals surface area contributed by atoms with Crippen molar-refractivity contribution in [3.05, 3.63) is 22.0 Å². The van der Waals surface area contributed by atoms with Crippen LogP contribution in [-0.2, 0) is 6.54 Å². The van der Waals surface area contributed by atoms with Crippen molar-refractivity contribution in [2.45, 2.75) is 6.54 Å². The number of aromatic nitrogens is 3. The number of rotatable bonds is 3. The van der Waals surface area contributed by atoms with E-state index in [1.165, 1.54) is 16.4 Å².